The summed E-state index contributed by atoms with van der Waals surface area (Å²) >= 11 is 0. The number of hydrogen-bond acceptors (Lipinski definition) is 4. The van der Waals surface area contributed by atoms with E-state index in [0.29, 0.717) is 13.2 Å². The molecule has 2 atom stereocenters. The van der Waals surface area contributed by atoms with Crippen LogP contribution in [0.5, 0.6) is 0 Å². The van der Waals surface area contributed by atoms with Gasteiger partial charge in [0, 0.05) is 13.0 Å². The van der Waals surface area contributed by atoms with E-state index in [4.69, 9.17) is 14.2 Å². The molecular weight excluding hydrogens is 218 g/mol. The van der Waals surface area contributed by atoms with Crippen molar-refractivity contribution in [3.05, 3.63) is 0 Å². The fourth-order valence-electron chi connectivity index (χ4n) is 2.73. The molecule has 0 radical (unpaired) electrons. The third-order valence-electron chi connectivity index (χ3n) is 3.55. The van der Waals surface area contributed by atoms with Crippen LogP contribution in [0.1, 0.15) is 34.1 Å². The lowest BCUT2D eigenvalue weighted by Crippen LogP contribution is -2.61. The van der Waals surface area contributed by atoms with Gasteiger partial charge in [-0.3, -0.25) is 0 Å². The van der Waals surface area contributed by atoms with Gasteiger partial charge in [0.05, 0.1) is 37.6 Å². The van der Waals surface area contributed by atoms with Crippen LogP contribution in [0.15, 0.2) is 0 Å². The summed E-state index contributed by atoms with van der Waals surface area (Å²) in [6, 6.07) is 0.237. The van der Waals surface area contributed by atoms with Crippen molar-refractivity contribution in [1.29, 1.82) is 0 Å². The molecular formula is C13H25NO3. The van der Waals surface area contributed by atoms with Crippen LogP contribution in [0.2, 0.25) is 0 Å². The molecule has 2 heterocycles. The first-order valence-electron chi connectivity index (χ1n) is 6.56. The van der Waals surface area contributed by atoms with Gasteiger partial charge in [-0.15, -0.1) is 0 Å². The summed E-state index contributed by atoms with van der Waals surface area (Å²) in [7, 11) is 0. The Kier molecular flexibility index (Phi) is 3.78. The minimum Gasteiger partial charge on any atom is -0.377 e. The highest BCUT2D eigenvalue weighted by atomic mass is 16.6. The average molecular weight is 243 g/mol. The first-order chi connectivity index (χ1) is 7.94. The lowest BCUT2D eigenvalue weighted by molar-refractivity contribution is -0.118. The minimum absolute atomic E-state index is 0.0882. The van der Waals surface area contributed by atoms with E-state index < -0.39 is 0 Å². The van der Waals surface area contributed by atoms with E-state index in [2.05, 4.69) is 33.0 Å². The van der Waals surface area contributed by atoms with E-state index in [1.165, 1.54) is 0 Å². The minimum atomic E-state index is -0.198. The van der Waals surface area contributed by atoms with Crippen molar-refractivity contribution < 1.29 is 14.2 Å². The van der Waals surface area contributed by atoms with E-state index in [1.807, 2.05) is 0 Å². The lowest BCUT2D eigenvalue weighted by atomic mass is 9.86. The summed E-state index contributed by atoms with van der Waals surface area (Å²) in [6.45, 7) is 11.4. The molecule has 0 aromatic heterocycles. The van der Waals surface area contributed by atoms with E-state index >= 15 is 0 Å². The van der Waals surface area contributed by atoms with Crippen molar-refractivity contribution in [3.8, 4) is 0 Å². The van der Waals surface area contributed by atoms with Crippen LogP contribution in [0, 0.1) is 0 Å². The van der Waals surface area contributed by atoms with Gasteiger partial charge in [0.15, 0.2) is 0 Å². The summed E-state index contributed by atoms with van der Waals surface area (Å²) in [4.78, 5) is 0. The van der Waals surface area contributed by atoms with Gasteiger partial charge >= 0.3 is 0 Å². The molecule has 2 saturated heterocycles. The Morgan fingerprint density at radius 3 is 2.71 bits per heavy atom. The first-order valence-corrected chi connectivity index (χ1v) is 6.56. The van der Waals surface area contributed by atoms with Crippen LogP contribution in [0.4, 0.5) is 0 Å². The highest BCUT2D eigenvalue weighted by Gasteiger charge is 2.51. The van der Waals surface area contributed by atoms with E-state index in [-0.39, 0.29) is 23.3 Å². The molecule has 1 spiro atoms. The van der Waals surface area contributed by atoms with Gasteiger partial charge in [-0.1, -0.05) is 0 Å². The standard InChI is InChI=1S/C13H25NO3/c1-10(2)15-7-11-13(16-6-5-14-11)8-12(3,4)17-9-13/h10-11,14H,5-9H2,1-4H3. The van der Waals surface area contributed by atoms with Crippen molar-refractivity contribution >= 4 is 0 Å². The monoisotopic (exact) mass is 243 g/mol. The molecule has 0 bridgehead atoms. The smallest absolute Gasteiger partial charge is 0.112 e. The Bertz CT molecular complexity index is 267. The first kappa shape index (κ1) is 13.3. The SMILES string of the molecule is CC(C)OCC1NCCOC12COC(C)(C)C2. The van der Waals surface area contributed by atoms with Crippen molar-refractivity contribution in [2.24, 2.45) is 0 Å². The second kappa shape index (κ2) is 4.84. The quantitative estimate of drug-likeness (QED) is 0.812. The molecule has 2 aliphatic heterocycles. The molecule has 4 nitrogen and oxygen atoms in total. The molecule has 17 heavy (non-hydrogen) atoms. The van der Waals surface area contributed by atoms with Gasteiger partial charge in [0.1, 0.15) is 5.60 Å². The van der Waals surface area contributed by atoms with Gasteiger partial charge < -0.3 is 19.5 Å². The number of ether oxygens (including phenoxy) is 3. The molecule has 2 aliphatic rings. The van der Waals surface area contributed by atoms with Crippen LogP contribution >= 0.6 is 0 Å². The van der Waals surface area contributed by atoms with Gasteiger partial charge in [-0.25, -0.2) is 0 Å². The molecule has 0 amide bonds. The Balaban J connectivity index is 2.02. The van der Waals surface area contributed by atoms with Crippen molar-refractivity contribution in [3.63, 3.8) is 0 Å². The number of nitrogens with one attached hydrogen (secondary N) is 1. The van der Waals surface area contributed by atoms with Crippen LogP contribution in [-0.2, 0) is 14.2 Å². The maximum Gasteiger partial charge on any atom is 0.112 e. The van der Waals surface area contributed by atoms with Gasteiger partial charge in [0.2, 0.25) is 0 Å². The van der Waals surface area contributed by atoms with Crippen LogP contribution in [-0.4, -0.2) is 49.7 Å². The second-order valence-electron chi connectivity index (χ2n) is 6.03. The van der Waals surface area contributed by atoms with Crippen molar-refractivity contribution in [2.75, 3.05) is 26.4 Å². The summed E-state index contributed by atoms with van der Waals surface area (Å²) in [6.07, 6.45) is 1.19. The lowest BCUT2D eigenvalue weighted by Gasteiger charge is -2.41. The molecule has 0 aromatic carbocycles. The van der Waals surface area contributed by atoms with E-state index in [1.54, 1.807) is 0 Å². The summed E-state index contributed by atoms with van der Waals surface area (Å²) < 4.78 is 17.6. The predicted molar refractivity (Wildman–Crippen MR) is 66.2 cm³/mol. The predicted octanol–water partition coefficient (Wildman–Crippen LogP) is 1.34. The van der Waals surface area contributed by atoms with Crippen LogP contribution in [0.3, 0.4) is 0 Å². The third-order valence-corrected chi connectivity index (χ3v) is 3.55. The molecule has 0 aliphatic carbocycles. The van der Waals surface area contributed by atoms with Crippen LogP contribution < -0.4 is 5.32 Å². The maximum absolute atomic E-state index is 6.04. The second-order valence-corrected chi connectivity index (χ2v) is 6.03. The van der Waals surface area contributed by atoms with Gasteiger partial charge in [-0.2, -0.15) is 0 Å². The fraction of sp³-hybridized carbons (Fsp3) is 1.00. The fourth-order valence-corrected chi connectivity index (χ4v) is 2.73. The molecule has 2 unspecified atom stereocenters. The number of morpholine rings is 1. The molecule has 2 fully saturated rings. The zero-order chi connectivity index (χ0) is 12.5. The molecule has 0 saturated carbocycles. The number of rotatable bonds is 3. The summed E-state index contributed by atoms with van der Waals surface area (Å²) in [5.74, 6) is 0. The van der Waals surface area contributed by atoms with Crippen LogP contribution in [0.25, 0.3) is 0 Å². The van der Waals surface area contributed by atoms with Crippen molar-refractivity contribution in [2.45, 2.75) is 57.5 Å². The normalized spacial score (nSPS) is 36.9. The summed E-state index contributed by atoms with van der Waals surface area (Å²) in [5, 5.41) is 3.51. The molecule has 100 valence electrons. The highest BCUT2D eigenvalue weighted by molar-refractivity contribution is 5.04. The molecule has 4 heteroatoms. The number of hydrogen-bond donors (Lipinski definition) is 1. The Morgan fingerprint density at radius 2 is 2.12 bits per heavy atom. The maximum atomic E-state index is 6.04. The highest BCUT2D eigenvalue weighted by Crippen LogP contribution is 2.38. The van der Waals surface area contributed by atoms with Gasteiger partial charge in [0.25, 0.3) is 0 Å². The Labute approximate surface area is 104 Å². The van der Waals surface area contributed by atoms with E-state index in [9.17, 15) is 0 Å². The average Bonchev–Trinajstić information content (AvgIpc) is 2.54. The molecule has 0 aromatic rings. The van der Waals surface area contributed by atoms with E-state index in [0.717, 1.165) is 19.6 Å². The van der Waals surface area contributed by atoms with Crippen molar-refractivity contribution in [1.82, 2.24) is 5.32 Å². The topological polar surface area (TPSA) is 39.7 Å². The Morgan fingerprint density at radius 1 is 1.35 bits per heavy atom. The Hall–Kier alpha value is -0.160. The molecule has 1 N–H and O–H groups in total. The zero-order valence-electron chi connectivity index (χ0n) is 11.4. The third kappa shape index (κ3) is 2.99. The molecule has 2 rings (SSSR count). The summed E-state index contributed by atoms with van der Waals surface area (Å²) in [5.41, 5.74) is -0.286. The van der Waals surface area contributed by atoms with Gasteiger partial charge in [-0.05, 0) is 27.7 Å². The zero-order valence-corrected chi connectivity index (χ0v) is 11.4. The largest absolute Gasteiger partial charge is 0.377 e.